The van der Waals surface area contributed by atoms with E-state index in [1.165, 1.54) is 0 Å². The van der Waals surface area contributed by atoms with E-state index in [1.807, 2.05) is 88.4 Å². The molecule has 0 unspecified atom stereocenters. The largest absolute Gasteiger partial charge is 0.388 e. The molecule has 2 aromatic carbocycles. The molecule has 2 atom stereocenters. The highest BCUT2D eigenvalue weighted by Crippen LogP contribution is 2.27. The average Bonchev–Trinajstić information content (AvgIpc) is 2.92. The number of carbonyl (C=O) groups excluding carboxylic acids is 2. The molecule has 204 valence electrons. The lowest BCUT2D eigenvalue weighted by Gasteiger charge is -2.39. The molecule has 4 N–H and O–H groups in total. The fourth-order valence-electron chi connectivity index (χ4n) is 4.72. The molecule has 0 aliphatic heterocycles. The summed E-state index contributed by atoms with van der Waals surface area (Å²) in [5, 5.41) is 28.7. The van der Waals surface area contributed by atoms with Gasteiger partial charge in [-0.05, 0) is 63.5 Å². The number of amides is 2. The summed E-state index contributed by atoms with van der Waals surface area (Å²) in [4.78, 5) is 27.1. The monoisotopic (exact) mass is 510 g/mol. The summed E-state index contributed by atoms with van der Waals surface area (Å²) >= 11 is 0. The Labute approximate surface area is 222 Å². The molecular weight excluding hydrogens is 464 g/mol. The Hall–Kier alpha value is -2.70. The number of hydrogen-bond donors (Lipinski definition) is 4. The summed E-state index contributed by atoms with van der Waals surface area (Å²) in [6.45, 7) is 10.8. The molecular formula is C31H46N2O4. The van der Waals surface area contributed by atoms with E-state index in [-0.39, 0.29) is 0 Å². The van der Waals surface area contributed by atoms with Crippen molar-refractivity contribution in [2.45, 2.75) is 103 Å². The number of carbonyl (C=O) groups is 2. The van der Waals surface area contributed by atoms with Crippen molar-refractivity contribution in [1.82, 2.24) is 10.6 Å². The van der Waals surface area contributed by atoms with Crippen LogP contribution >= 0.6 is 0 Å². The molecule has 0 radical (unpaired) electrons. The highest BCUT2D eigenvalue weighted by molar-refractivity contribution is 6.04. The van der Waals surface area contributed by atoms with Crippen molar-refractivity contribution < 1.29 is 19.8 Å². The third kappa shape index (κ3) is 7.65. The molecule has 0 fully saturated rings. The Morgan fingerprint density at radius 1 is 0.649 bits per heavy atom. The predicted octanol–water partition coefficient (Wildman–Crippen LogP) is 4.57. The van der Waals surface area contributed by atoms with Gasteiger partial charge in [0, 0.05) is 0 Å². The fraction of sp³-hybridized carbons (Fsp3) is 0.548. The van der Waals surface area contributed by atoms with Crippen LogP contribution in [0.4, 0.5) is 0 Å². The van der Waals surface area contributed by atoms with Crippen molar-refractivity contribution in [2.24, 2.45) is 5.41 Å². The topological polar surface area (TPSA) is 98.7 Å². The van der Waals surface area contributed by atoms with Gasteiger partial charge in [-0.25, -0.2) is 0 Å². The van der Waals surface area contributed by atoms with Gasteiger partial charge in [0.15, 0.2) is 0 Å². The molecule has 0 heterocycles. The Kier molecular flexibility index (Phi) is 10.9. The average molecular weight is 511 g/mol. The molecule has 0 aliphatic carbocycles. The summed E-state index contributed by atoms with van der Waals surface area (Å²) in [5.41, 5.74) is -1.66. The summed E-state index contributed by atoms with van der Waals surface area (Å²) < 4.78 is 0. The third-order valence-electron chi connectivity index (χ3n) is 8.06. The fourth-order valence-corrected chi connectivity index (χ4v) is 4.72. The first-order valence-electron chi connectivity index (χ1n) is 13.6. The molecule has 0 aliphatic rings. The lowest BCUT2D eigenvalue weighted by atomic mass is 9.81. The van der Waals surface area contributed by atoms with E-state index in [4.69, 9.17) is 0 Å². The quantitative estimate of drug-likeness (QED) is 0.280. The molecule has 0 bridgehead atoms. The molecule has 6 nitrogen and oxygen atoms in total. The van der Waals surface area contributed by atoms with E-state index in [1.54, 1.807) is 13.8 Å². The minimum Gasteiger partial charge on any atom is -0.388 e. The van der Waals surface area contributed by atoms with Crippen LogP contribution in [0.3, 0.4) is 0 Å². The zero-order chi connectivity index (χ0) is 27.7. The van der Waals surface area contributed by atoms with E-state index in [0.717, 1.165) is 11.1 Å². The van der Waals surface area contributed by atoms with Crippen LogP contribution in [0.1, 0.15) is 78.4 Å². The van der Waals surface area contributed by atoms with Crippen molar-refractivity contribution >= 4 is 11.8 Å². The Morgan fingerprint density at radius 3 is 1.22 bits per heavy atom. The maximum atomic E-state index is 13.6. The van der Waals surface area contributed by atoms with Gasteiger partial charge in [0.25, 0.3) is 0 Å². The SMILES string of the molecule is CCC(O)(CC)[C@@H](Cc1ccccc1)NC(=O)C(C)(C)C(=O)N[C@H](Cc1ccccc1)C(O)(CC)CC. The van der Waals surface area contributed by atoms with Gasteiger partial charge < -0.3 is 20.8 Å². The first-order valence-corrected chi connectivity index (χ1v) is 13.6. The van der Waals surface area contributed by atoms with Crippen molar-refractivity contribution in [3.05, 3.63) is 71.8 Å². The molecule has 0 saturated heterocycles. The number of aliphatic hydroxyl groups is 2. The highest BCUT2D eigenvalue weighted by Gasteiger charge is 2.44. The molecule has 2 rings (SSSR count). The molecule has 6 heteroatoms. The van der Waals surface area contributed by atoms with Gasteiger partial charge in [0.1, 0.15) is 5.41 Å². The second-order valence-electron chi connectivity index (χ2n) is 10.7. The Bertz CT molecular complexity index is 903. The predicted molar refractivity (Wildman–Crippen MR) is 149 cm³/mol. The second-order valence-corrected chi connectivity index (χ2v) is 10.7. The third-order valence-corrected chi connectivity index (χ3v) is 8.06. The number of rotatable bonds is 14. The Morgan fingerprint density at radius 2 is 0.946 bits per heavy atom. The molecule has 37 heavy (non-hydrogen) atoms. The molecule has 0 aromatic heterocycles. The van der Waals surface area contributed by atoms with E-state index >= 15 is 0 Å². The van der Waals surface area contributed by atoms with Gasteiger partial charge in [-0.15, -0.1) is 0 Å². The lowest BCUT2D eigenvalue weighted by molar-refractivity contribution is -0.145. The summed E-state index contributed by atoms with van der Waals surface area (Å²) in [6.07, 6.45) is 2.76. The van der Waals surface area contributed by atoms with Crippen LogP contribution in [0, 0.1) is 5.41 Å². The van der Waals surface area contributed by atoms with Crippen LogP contribution in [-0.2, 0) is 22.4 Å². The van der Waals surface area contributed by atoms with Crippen molar-refractivity contribution in [3.8, 4) is 0 Å². The number of nitrogens with one attached hydrogen (secondary N) is 2. The summed E-state index contributed by atoms with van der Waals surface area (Å²) in [5.74, 6) is -0.914. The van der Waals surface area contributed by atoms with E-state index in [9.17, 15) is 19.8 Å². The van der Waals surface area contributed by atoms with Crippen LogP contribution in [0.5, 0.6) is 0 Å². The van der Waals surface area contributed by atoms with Gasteiger partial charge in [0.05, 0.1) is 23.3 Å². The van der Waals surface area contributed by atoms with Crippen LogP contribution in [0.2, 0.25) is 0 Å². The Balaban J connectivity index is 2.28. The normalized spacial score (nSPS) is 14.1. The van der Waals surface area contributed by atoms with E-state index in [2.05, 4.69) is 10.6 Å². The minimum absolute atomic E-state index is 0.449. The van der Waals surface area contributed by atoms with Gasteiger partial charge >= 0.3 is 0 Å². The zero-order valence-electron chi connectivity index (χ0n) is 23.4. The van der Waals surface area contributed by atoms with Crippen LogP contribution < -0.4 is 10.6 Å². The zero-order valence-corrected chi connectivity index (χ0v) is 23.4. The first kappa shape index (κ1) is 30.5. The highest BCUT2D eigenvalue weighted by atomic mass is 16.3. The first-order chi connectivity index (χ1) is 17.5. The second kappa shape index (κ2) is 13.2. The maximum absolute atomic E-state index is 13.6. The van der Waals surface area contributed by atoms with Crippen molar-refractivity contribution in [2.75, 3.05) is 0 Å². The summed E-state index contributed by atoms with van der Waals surface area (Å²) in [7, 11) is 0. The van der Waals surface area contributed by atoms with Crippen LogP contribution in [-0.4, -0.2) is 45.3 Å². The number of hydrogen-bond acceptors (Lipinski definition) is 4. The smallest absolute Gasteiger partial charge is 0.235 e. The van der Waals surface area contributed by atoms with Crippen molar-refractivity contribution in [1.29, 1.82) is 0 Å². The van der Waals surface area contributed by atoms with Crippen LogP contribution in [0.15, 0.2) is 60.7 Å². The minimum atomic E-state index is -1.42. The number of benzene rings is 2. The van der Waals surface area contributed by atoms with Gasteiger partial charge in [-0.1, -0.05) is 88.4 Å². The molecule has 0 saturated carbocycles. The maximum Gasteiger partial charge on any atom is 0.235 e. The van der Waals surface area contributed by atoms with Gasteiger partial charge in [-0.3, -0.25) is 9.59 Å². The summed E-state index contributed by atoms with van der Waals surface area (Å²) in [6, 6.07) is 18.3. The standard InChI is InChI=1S/C31H46N2O4/c1-7-30(36,8-2)25(21-23-17-13-11-14-18-23)32-27(34)29(5,6)28(35)33-26(31(37,9-3)10-4)22-24-19-15-12-16-20-24/h11-20,25-26,36-37H,7-10,21-22H2,1-6H3,(H,32,34)(H,33,35)/t25-,26-/m1/s1. The molecule has 2 amide bonds. The van der Waals surface area contributed by atoms with Crippen molar-refractivity contribution in [3.63, 3.8) is 0 Å². The van der Waals surface area contributed by atoms with Gasteiger partial charge in [0.2, 0.25) is 11.8 Å². The van der Waals surface area contributed by atoms with Crippen LogP contribution in [0.25, 0.3) is 0 Å². The van der Waals surface area contributed by atoms with E-state index < -0.39 is 40.5 Å². The lowest BCUT2D eigenvalue weighted by Crippen LogP contribution is -2.61. The molecule has 2 aromatic rings. The van der Waals surface area contributed by atoms with E-state index in [0.29, 0.717) is 38.5 Å². The van der Waals surface area contributed by atoms with Gasteiger partial charge in [-0.2, -0.15) is 0 Å². The molecule has 0 spiro atoms.